The van der Waals surface area contributed by atoms with Crippen molar-refractivity contribution in [1.29, 1.82) is 5.26 Å². The van der Waals surface area contributed by atoms with Crippen LogP contribution >= 0.6 is 11.6 Å². The molecule has 0 atom stereocenters. The molecule has 2 aromatic carbocycles. The second kappa shape index (κ2) is 9.99. The van der Waals surface area contributed by atoms with E-state index in [1.165, 1.54) is 12.7 Å². The lowest BCUT2D eigenvalue weighted by atomic mass is 9.90. The van der Waals surface area contributed by atoms with Crippen LogP contribution in [0, 0.1) is 17.2 Å². The first-order valence-corrected chi connectivity index (χ1v) is 10.0. The van der Waals surface area contributed by atoms with Crippen molar-refractivity contribution in [2.45, 2.75) is 19.3 Å². The molecule has 1 saturated heterocycles. The number of piperidine rings is 1. The Morgan fingerprint density at radius 2 is 2.00 bits per heavy atom. The summed E-state index contributed by atoms with van der Waals surface area (Å²) in [6.45, 7) is 1.68. The number of halogens is 1. The van der Waals surface area contributed by atoms with Gasteiger partial charge in [-0.15, -0.1) is 0 Å². The molecule has 1 fully saturated rings. The summed E-state index contributed by atoms with van der Waals surface area (Å²) in [4.78, 5) is 14.5. The third-order valence-electron chi connectivity index (χ3n) is 5.10. The molecule has 1 heterocycles. The van der Waals surface area contributed by atoms with Crippen LogP contribution in [-0.4, -0.2) is 31.0 Å². The quantitative estimate of drug-likeness (QED) is 0.557. The van der Waals surface area contributed by atoms with E-state index in [2.05, 4.69) is 34.5 Å². The first-order valence-electron chi connectivity index (χ1n) is 9.64. The van der Waals surface area contributed by atoms with Crippen molar-refractivity contribution in [3.63, 3.8) is 0 Å². The number of amides is 1. The van der Waals surface area contributed by atoms with Gasteiger partial charge in [-0.25, -0.2) is 0 Å². The van der Waals surface area contributed by atoms with E-state index in [1.54, 1.807) is 24.4 Å². The van der Waals surface area contributed by atoms with Crippen LogP contribution in [0.3, 0.4) is 0 Å². The van der Waals surface area contributed by atoms with Crippen LogP contribution in [0.15, 0.2) is 60.3 Å². The minimum Gasteiger partial charge on any atom is -0.495 e. The second-order valence-electron chi connectivity index (χ2n) is 7.13. The highest BCUT2D eigenvalue weighted by molar-refractivity contribution is 6.32. The highest BCUT2D eigenvalue weighted by Gasteiger charge is 2.19. The van der Waals surface area contributed by atoms with Crippen LogP contribution in [-0.2, 0) is 11.2 Å². The van der Waals surface area contributed by atoms with Gasteiger partial charge in [0, 0.05) is 25.0 Å². The molecule has 1 amide bonds. The number of nitriles is 1. The zero-order valence-corrected chi connectivity index (χ0v) is 17.2. The van der Waals surface area contributed by atoms with Crippen LogP contribution < -0.4 is 10.1 Å². The molecule has 5 nitrogen and oxygen atoms in total. The zero-order valence-electron chi connectivity index (χ0n) is 16.4. The Hall–Kier alpha value is -2.97. The molecule has 0 unspecified atom stereocenters. The first kappa shape index (κ1) is 20.8. The normalized spacial score (nSPS) is 14.9. The predicted molar refractivity (Wildman–Crippen MR) is 115 cm³/mol. The van der Waals surface area contributed by atoms with E-state index < -0.39 is 5.91 Å². The Kier molecular flexibility index (Phi) is 7.15. The maximum atomic E-state index is 12.5. The molecular formula is C23H24ClN3O2. The summed E-state index contributed by atoms with van der Waals surface area (Å²) < 4.78 is 5.11. The molecule has 3 rings (SSSR count). The molecule has 6 heteroatoms. The zero-order chi connectivity index (χ0) is 20.6. The molecule has 1 aliphatic rings. The van der Waals surface area contributed by atoms with E-state index in [4.69, 9.17) is 16.3 Å². The third-order valence-corrected chi connectivity index (χ3v) is 5.40. The average molecular weight is 410 g/mol. The Labute approximate surface area is 176 Å². The van der Waals surface area contributed by atoms with Gasteiger partial charge < -0.3 is 15.0 Å². The average Bonchev–Trinajstić information content (AvgIpc) is 2.74. The number of likely N-dealkylation sites (tertiary alicyclic amines) is 1. The van der Waals surface area contributed by atoms with Crippen molar-refractivity contribution in [2.24, 2.45) is 5.92 Å². The van der Waals surface area contributed by atoms with Gasteiger partial charge in [0.2, 0.25) is 0 Å². The lowest BCUT2D eigenvalue weighted by Crippen LogP contribution is -2.31. The minimum absolute atomic E-state index is 0.0819. The van der Waals surface area contributed by atoms with Gasteiger partial charge in [0.1, 0.15) is 17.4 Å². The number of anilines is 1. The Bertz CT molecular complexity index is 913. The van der Waals surface area contributed by atoms with Gasteiger partial charge in [0.25, 0.3) is 5.91 Å². The lowest BCUT2D eigenvalue weighted by Gasteiger charge is -2.31. The van der Waals surface area contributed by atoms with Crippen molar-refractivity contribution in [3.05, 3.63) is 70.9 Å². The van der Waals surface area contributed by atoms with Crippen molar-refractivity contribution >= 4 is 23.2 Å². The van der Waals surface area contributed by atoms with E-state index in [0.29, 0.717) is 22.4 Å². The highest BCUT2D eigenvalue weighted by atomic mass is 35.5. The van der Waals surface area contributed by atoms with Gasteiger partial charge in [-0.1, -0.05) is 41.9 Å². The number of carbonyl (C=O) groups excluding carboxylic acids is 1. The van der Waals surface area contributed by atoms with Gasteiger partial charge in [-0.3, -0.25) is 4.79 Å². The number of rotatable bonds is 6. The molecule has 0 radical (unpaired) electrons. The number of nitrogens with zero attached hydrogens (tertiary/aromatic N) is 2. The smallest absolute Gasteiger partial charge is 0.267 e. The maximum absolute atomic E-state index is 12.5. The third kappa shape index (κ3) is 5.75. The summed E-state index contributed by atoms with van der Waals surface area (Å²) in [6.07, 6.45) is 4.82. The SMILES string of the molecule is COc1ccc(NC(=O)/C(C#N)=C\N2CCC(Cc3ccccc3)CC2)cc1Cl. The van der Waals surface area contributed by atoms with Gasteiger partial charge in [-0.05, 0) is 48.9 Å². The monoisotopic (exact) mass is 409 g/mol. The van der Waals surface area contributed by atoms with Gasteiger partial charge in [0.15, 0.2) is 0 Å². The van der Waals surface area contributed by atoms with Crippen LogP contribution in [0.5, 0.6) is 5.75 Å². The number of hydrogen-bond acceptors (Lipinski definition) is 4. The standard InChI is InChI=1S/C23H24ClN3O2/c1-29-22-8-7-20(14-21(22)24)26-23(28)19(15-25)16-27-11-9-18(10-12-27)13-17-5-3-2-4-6-17/h2-8,14,16,18H,9-13H2,1H3,(H,26,28)/b19-16-. The molecule has 0 saturated carbocycles. The number of carbonyl (C=O) groups is 1. The fraction of sp³-hybridized carbons (Fsp3) is 0.304. The van der Waals surface area contributed by atoms with Crippen molar-refractivity contribution in [2.75, 3.05) is 25.5 Å². The number of benzene rings is 2. The van der Waals surface area contributed by atoms with Gasteiger partial charge >= 0.3 is 0 Å². The number of ether oxygens (including phenoxy) is 1. The number of methoxy groups -OCH3 is 1. The number of hydrogen-bond donors (Lipinski definition) is 1. The molecule has 2 aromatic rings. The number of nitrogens with one attached hydrogen (secondary N) is 1. The molecular weight excluding hydrogens is 386 g/mol. The summed E-state index contributed by atoms with van der Waals surface area (Å²) in [7, 11) is 1.53. The maximum Gasteiger partial charge on any atom is 0.267 e. The Morgan fingerprint density at radius 1 is 1.28 bits per heavy atom. The summed E-state index contributed by atoms with van der Waals surface area (Å²) in [5.41, 5.74) is 1.96. The highest BCUT2D eigenvalue weighted by Crippen LogP contribution is 2.27. The van der Waals surface area contributed by atoms with Crippen LogP contribution in [0.4, 0.5) is 5.69 Å². The van der Waals surface area contributed by atoms with E-state index in [1.807, 2.05) is 12.1 Å². The molecule has 1 N–H and O–H groups in total. The van der Waals surface area contributed by atoms with Crippen LogP contribution in [0.1, 0.15) is 18.4 Å². The van der Waals surface area contributed by atoms with Crippen molar-refractivity contribution < 1.29 is 9.53 Å². The Morgan fingerprint density at radius 3 is 2.62 bits per heavy atom. The molecule has 0 spiro atoms. The molecule has 0 aliphatic carbocycles. The summed E-state index contributed by atoms with van der Waals surface area (Å²) in [6, 6.07) is 17.5. The minimum atomic E-state index is -0.444. The topological polar surface area (TPSA) is 65.4 Å². The van der Waals surface area contributed by atoms with E-state index >= 15 is 0 Å². The molecule has 150 valence electrons. The summed E-state index contributed by atoms with van der Waals surface area (Å²) >= 11 is 6.09. The van der Waals surface area contributed by atoms with E-state index in [9.17, 15) is 10.1 Å². The van der Waals surface area contributed by atoms with Crippen LogP contribution in [0.25, 0.3) is 0 Å². The molecule has 29 heavy (non-hydrogen) atoms. The second-order valence-corrected chi connectivity index (χ2v) is 7.53. The summed E-state index contributed by atoms with van der Waals surface area (Å²) in [5.74, 6) is 0.710. The Balaban J connectivity index is 1.56. The molecule has 1 aliphatic heterocycles. The fourth-order valence-corrected chi connectivity index (χ4v) is 3.75. The predicted octanol–water partition coefficient (Wildman–Crippen LogP) is 4.65. The van der Waals surface area contributed by atoms with Gasteiger partial charge in [0.05, 0.1) is 12.1 Å². The molecule has 0 bridgehead atoms. The van der Waals surface area contributed by atoms with Crippen molar-refractivity contribution in [3.8, 4) is 11.8 Å². The summed E-state index contributed by atoms with van der Waals surface area (Å²) in [5, 5.41) is 12.6. The molecule has 0 aromatic heterocycles. The lowest BCUT2D eigenvalue weighted by molar-refractivity contribution is -0.112. The largest absolute Gasteiger partial charge is 0.495 e. The fourth-order valence-electron chi connectivity index (χ4n) is 3.50. The van der Waals surface area contributed by atoms with Crippen molar-refractivity contribution in [1.82, 2.24) is 4.90 Å². The van der Waals surface area contributed by atoms with E-state index in [-0.39, 0.29) is 5.57 Å². The van der Waals surface area contributed by atoms with Gasteiger partial charge in [-0.2, -0.15) is 5.26 Å². The van der Waals surface area contributed by atoms with Crippen LogP contribution in [0.2, 0.25) is 5.02 Å². The first-order chi connectivity index (χ1) is 14.1. The van der Waals surface area contributed by atoms with E-state index in [0.717, 1.165) is 32.4 Å².